The van der Waals surface area contributed by atoms with E-state index >= 15 is 0 Å². The Morgan fingerprint density at radius 2 is 2.05 bits per heavy atom. The average Bonchev–Trinajstić information content (AvgIpc) is 2.76. The summed E-state index contributed by atoms with van der Waals surface area (Å²) in [4.78, 5) is 4.46. The van der Waals surface area contributed by atoms with Crippen LogP contribution < -0.4 is 5.73 Å². The van der Waals surface area contributed by atoms with Crippen LogP contribution in [-0.2, 0) is 0 Å². The number of hydrogen-bond donors (Lipinski definition) is 2. The first-order chi connectivity index (χ1) is 9.95. The number of likely N-dealkylation sites (N-methyl/N-ethyl adjacent to an activating group) is 1. The zero-order valence-electron chi connectivity index (χ0n) is 12.9. The third kappa shape index (κ3) is 4.74. The molecule has 118 valence electrons. The standard InChI is InChI=1S/C16H26FN3O/c1-19(2)10-14-9-15(21)11-20(14)8-7-16(18)12-3-5-13(17)6-4-12/h3-6,14-16,21H,7-11,18H2,1-2H3. The lowest BCUT2D eigenvalue weighted by Crippen LogP contribution is -2.38. The van der Waals surface area contributed by atoms with E-state index < -0.39 is 0 Å². The van der Waals surface area contributed by atoms with Crippen molar-refractivity contribution in [2.75, 3.05) is 33.7 Å². The molecule has 3 N–H and O–H groups in total. The molecule has 0 aliphatic carbocycles. The van der Waals surface area contributed by atoms with Gasteiger partial charge in [0, 0.05) is 31.7 Å². The highest BCUT2D eigenvalue weighted by molar-refractivity contribution is 5.19. The van der Waals surface area contributed by atoms with E-state index in [1.807, 2.05) is 14.1 Å². The Morgan fingerprint density at radius 1 is 1.38 bits per heavy atom. The van der Waals surface area contributed by atoms with Crippen molar-refractivity contribution in [3.05, 3.63) is 35.6 Å². The summed E-state index contributed by atoms with van der Waals surface area (Å²) in [5, 5.41) is 9.86. The molecule has 5 heteroatoms. The zero-order chi connectivity index (χ0) is 15.4. The number of halogens is 1. The Morgan fingerprint density at radius 3 is 2.67 bits per heavy atom. The van der Waals surface area contributed by atoms with E-state index in [2.05, 4.69) is 9.80 Å². The molecule has 0 radical (unpaired) electrons. The first kappa shape index (κ1) is 16.4. The molecular formula is C16H26FN3O. The summed E-state index contributed by atoms with van der Waals surface area (Å²) < 4.78 is 12.9. The van der Waals surface area contributed by atoms with Crippen LogP contribution in [0, 0.1) is 5.82 Å². The van der Waals surface area contributed by atoms with Gasteiger partial charge in [-0.2, -0.15) is 0 Å². The number of nitrogens with zero attached hydrogens (tertiary/aromatic N) is 2. The molecule has 0 spiro atoms. The van der Waals surface area contributed by atoms with Crippen LogP contribution in [0.15, 0.2) is 24.3 Å². The predicted octanol–water partition coefficient (Wildman–Crippen LogP) is 1.21. The number of nitrogens with two attached hydrogens (primary N) is 1. The second-order valence-electron chi connectivity index (χ2n) is 6.25. The highest BCUT2D eigenvalue weighted by Gasteiger charge is 2.30. The number of β-amino-alcohol motifs (C(OH)–C–C–N with tert-alkyl or cyclic N) is 1. The van der Waals surface area contributed by atoms with Gasteiger partial charge in [0.15, 0.2) is 0 Å². The van der Waals surface area contributed by atoms with Crippen LogP contribution in [0.2, 0.25) is 0 Å². The highest BCUT2D eigenvalue weighted by Crippen LogP contribution is 2.21. The van der Waals surface area contributed by atoms with Crippen molar-refractivity contribution in [1.29, 1.82) is 0 Å². The number of likely N-dealkylation sites (tertiary alicyclic amines) is 1. The third-order valence-corrected chi connectivity index (χ3v) is 4.11. The second-order valence-corrected chi connectivity index (χ2v) is 6.25. The maximum Gasteiger partial charge on any atom is 0.123 e. The van der Waals surface area contributed by atoms with E-state index in [1.165, 1.54) is 12.1 Å². The minimum atomic E-state index is -0.239. The molecule has 2 rings (SSSR count). The van der Waals surface area contributed by atoms with E-state index in [1.54, 1.807) is 12.1 Å². The van der Waals surface area contributed by atoms with Crippen LogP contribution in [0.4, 0.5) is 4.39 Å². The summed E-state index contributed by atoms with van der Waals surface area (Å²) in [7, 11) is 4.10. The van der Waals surface area contributed by atoms with Crippen molar-refractivity contribution in [2.45, 2.75) is 31.0 Å². The molecule has 21 heavy (non-hydrogen) atoms. The molecule has 4 nitrogen and oxygen atoms in total. The van der Waals surface area contributed by atoms with E-state index in [4.69, 9.17) is 5.73 Å². The second kappa shape index (κ2) is 7.31. The van der Waals surface area contributed by atoms with E-state index in [0.717, 1.165) is 31.5 Å². The van der Waals surface area contributed by atoms with Crippen molar-refractivity contribution in [2.24, 2.45) is 5.73 Å². The molecule has 0 saturated carbocycles. The fourth-order valence-electron chi connectivity index (χ4n) is 3.02. The summed E-state index contributed by atoms with van der Waals surface area (Å²) in [5.41, 5.74) is 7.14. The number of benzene rings is 1. The maximum atomic E-state index is 12.9. The summed E-state index contributed by atoms with van der Waals surface area (Å²) in [5.74, 6) is -0.236. The Bertz CT molecular complexity index is 438. The molecule has 0 bridgehead atoms. The minimum Gasteiger partial charge on any atom is -0.392 e. The molecule has 0 aromatic heterocycles. The molecule has 1 saturated heterocycles. The van der Waals surface area contributed by atoms with Gasteiger partial charge < -0.3 is 15.7 Å². The SMILES string of the molecule is CN(C)CC1CC(O)CN1CCC(N)c1ccc(F)cc1. The van der Waals surface area contributed by atoms with Gasteiger partial charge in [-0.25, -0.2) is 4.39 Å². The molecule has 3 atom stereocenters. The summed E-state index contributed by atoms with van der Waals surface area (Å²) in [6, 6.07) is 6.68. The lowest BCUT2D eigenvalue weighted by molar-refractivity contribution is 0.170. The lowest BCUT2D eigenvalue weighted by atomic mass is 10.0. The van der Waals surface area contributed by atoms with Crippen LogP contribution in [0.1, 0.15) is 24.4 Å². The summed E-state index contributed by atoms with van der Waals surface area (Å²) in [6.45, 7) is 2.52. The van der Waals surface area contributed by atoms with Gasteiger partial charge in [-0.05, 0) is 44.6 Å². The Labute approximate surface area is 126 Å². The first-order valence-corrected chi connectivity index (χ1v) is 7.53. The number of hydrogen-bond acceptors (Lipinski definition) is 4. The number of rotatable bonds is 6. The molecule has 1 heterocycles. The van der Waals surface area contributed by atoms with E-state index in [-0.39, 0.29) is 18.0 Å². The van der Waals surface area contributed by atoms with Crippen molar-refractivity contribution >= 4 is 0 Å². The van der Waals surface area contributed by atoms with Gasteiger partial charge in [0.25, 0.3) is 0 Å². The molecule has 1 aromatic carbocycles. The maximum absolute atomic E-state index is 12.9. The zero-order valence-corrected chi connectivity index (χ0v) is 12.9. The topological polar surface area (TPSA) is 52.7 Å². The van der Waals surface area contributed by atoms with E-state index in [9.17, 15) is 9.50 Å². The lowest BCUT2D eigenvalue weighted by Gasteiger charge is -2.27. The van der Waals surface area contributed by atoms with Crippen molar-refractivity contribution < 1.29 is 9.50 Å². The quantitative estimate of drug-likeness (QED) is 0.828. The Kier molecular flexibility index (Phi) is 5.70. The van der Waals surface area contributed by atoms with Crippen LogP contribution in [0.5, 0.6) is 0 Å². The van der Waals surface area contributed by atoms with Gasteiger partial charge in [-0.15, -0.1) is 0 Å². The largest absolute Gasteiger partial charge is 0.392 e. The van der Waals surface area contributed by atoms with Crippen LogP contribution >= 0.6 is 0 Å². The highest BCUT2D eigenvalue weighted by atomic mass is 19.1. The molecule has 1 fully saturated rings. The fourth-order valence-corrected chi connectivity index (χ4v) is 3.02. The Hall–Kier alpha value is -1.01. The van der Waals surface area contributed by atoms with E-state index in [0.29, 0.717) is 12.6 Å². The molecule has 1 aromatic rings. The summed E-state index contributed by atoms with van der Waals surface area (Å²) in [6.07, 6.45) is 1.39. The van der Waals surface area contributed by atoms with Gasteiger partial charge >= 0.3 is 0 Å². The molecule has 3 unspecified atom stereocenters. The average molecular weight is 295 g/mol. The van der Waals surface area contributed by atoms with Gasteiger partial charge in [0.2, 0.25) is 0 Å². The normalized spacial score (nSPS) is 24.7. The van der Waals surface area contributed by atoms with Crippen molar-refractivity contribution in [3.8, 4) is 0 Å². The van der Waals surface area contributed by atoms with Crippen LogP contribution in [0.25, 0.3) is 0 Å². The molecule has 0 amide bonds. The number of aliphatic hydroxyl groups excluding tert-OH is 1. The summed E-state index contributed by atoms with van der Waals surface area (Å²) >= 11 is 0. The van der Waals surface area contributed by atoms with Crippen LogP contribution in [-0.4, -0.2) is 60.8 Å². The predicted molar refractivity (Wildman–Crippen MR) is 82.5 cm³/mol. The molecular weight excluding hydrogens is 269 g/mol. The first-order valence-electron chi connectivity index (χ1n) is 7.53. The molecule has 1 aliphatic rings. The minimum absolute atomic E-state index is 0.0941. The van der Waals surface area contributed by atoms with Crippen molar-refractivity contribution in [1.82, 2.24) is 9.80 Å². The Balaban J connectivity index is 1.87. The van der Waals surface area contributed by atoms with Crippen LogP contribution in [0.3, 0.4) is 0 Å². The number of aliphatic hydroxyl groups is 1. The molecule has 1 aliphatic heterocycles. The third-order valence-electron chi connectivity index (χ3n) is 4.11. The van der Waals surface area contributed by atoms with Crippen molar-refractivity contribution in [3.63, 3.8) is 0 Å². The van der Waals surface area contributed by atoms with Gasteiger partial charge in [-0.3, -0.25) is 4.90 Å². The van der Waals surface area contributed by atoms with Gasteiger partial charge in [0.1, 0.15) is 5.82 Å². The fraction of sp³-hybridized carbons (Fsp3) is 0.625. The monoisotopic (exact) mass is 295 g/mol. The van der Waals surface area contributed by atoms with Gasteiger partial charge in [-0.1, -0.05) is 12.1 Å². The van der Waals surface area contributed by atoms with Gasteiger partial charge in [0.05, 0.1) is 6.10 Å². The smallest absolute Gasteiger partial charge is 0.123 e.